The Morgan fingerprint density at radius 1 is 1.03 bits per heavy atom. The Balaban J connectivity index is 1.58. The average Bonchev–Trinajstić information content (AvgIpc) is 3.28. The lowest BCUT2D eigenvalue weighted by atomic mass is 9.85. The predicted octanol–water partition coefficient (Wildman–Crippen LogP) is 2.72. The van der Waals surface area contributed by atoms with Gasteiger partial charge >= 0.3 is 0 Å². The van der Waals surface area contributed by atoms with Crippen molar-refractivity contribution in [3.8, 4) is 5.88 Å². The van der Waals surface area contributed by atoms with Gasteiger partial charge in [0.2, 0.25) is 5.88 Å². The van der Waals surface area contributed by atoms with Crippen molar-refractivity contribution in [1.29, 1.82) is 0 Å². The minimum atomic E-state index is -1.52. The Morgan fingerprint density at radius 2 is 1.82 bits per heavy atom. The molecule has 0 saturated carbocycles. The SMILES string of the molecule is CCOc1nc2c(C(c3ccccc3)C(O)C(=O)Nc3ccc4nc(N)[nH]c4c3)cccc2nc1C(N)=O. The third-order valence-electron chi connectivity index (χ3n) is 6.05. The van der Waals surface area contributed by atoms with Crippen LogP contribution >= 0.6 is 0 Å². The molecule has 2 atom stereocenters. The molecule has 38 heavy (non-hydrogen) atoms. The number of carbonyl (C=O) groups is 2. The number of aliphatic hydroxyl groups is 1. The van der Waals surface area contributed by atoms with E-state index in [4.69, 9.17) is 16.2 Å². The van der Waals surface area contributed by atoms with Gasteiger partial charge in [-0.25, -0.2) is 15.0 Å². The normalized spacial score (nSPS) is 12.8. The second-order valence-electron chi connectivity index (χ2n) is 8.57. The highest BCUT2D eigenvalue weighted by molar-refractivity contribution is 5.98. The number of nitrogen functional groups attached to an aromatic ring is 1. The highest BCUT2D eigenvalue weighted by Crippen LogP contribution is 2.34. The van der Waals surface area contributed by atoms with Crippen LogP contribution < -0.4 is 21.5 Å². The molecular formula is C27H25N7O4. The monoisotopic (exact) mass is 511 g/mol. The lowest BCUT2D eigenvalue weighted by Crippen LogP contribution is -2.34. The van der Waals surface area contributed by atoms with Gasteiger partial charge < -0.3 is 31.6 Å². The first-order chi connectivity index (χ1) is 18.4. The van der Waals surface area contributed by atoms with Crippen LogP contribution in [0.1, 0.15) is 34.5 Å². The van der Waals surface area contributed by atoms with Crippen LogP contribution in [0.25, 0.3) is 22.1 Å². The second-order valence-corrected chi connectivity index (χ2v) is 8.57. The fraction of sp³-hybridized carbons (Fsp3) is 0.148. The van der Waals surface area contributed by atoms with E-state index in [1.54, 1.807) is 43.3 Å². The van der Waals surface area contributed by atoms with Crippen LogP contribution in [0.15, 0.2) is 66.7 Å². The van der Waals surface area contributed by atoms with Crippen LogP contribution in [0.5, 0.6) is 5.88 Å². The number of aliphatic hydroxyl groups excluding tert-OH is 1. The van der Waals surface area contributed by atoms with Gasteiger partial charge in [0.25, 0.3) is 11.8 Å². The molecule has 2 heterocycles. The zero-order valence-corrected chi connectivity index (χ0v) is 20.4. The van der Waals surface area contributed by atoms with Crippen LogP contribution in [-0.4, -0.2) is 49.6 Å². The Kier molecular flexibility index (Phi) is 6.58. The Bertz CT molecular complexity index is 1650. The summed E-state index contributed by atoms with van der Waals surface area (Å²) in [6.07, 6.45) is -1.52. The number of para-hydroxylation sites is 1. The number of benzene rings is 3. The molecule has 5 aromatic rings. The first kappa shape index (κ1) is 24.7. The molecule has 0 radical (unpaired) electrons. The van der Waals surface area contributed by atoms with E-state index >= 15 is 0 Å². The van der Waals surface area contributed by atoms with E-state index in [-0.39, 0.29) is 24.1 Å². The summed E-state index contributed by atoms with van der Waals surface area (Å²) in [7, 11) is 0. The van der Waals surface area contributed by atoms with Crippen molar-refractivity contribution in [2.75, 3.05) is 17.7 Å². The maximum absolute atomic E-state index is 13.4. The fourth-order valence-corrected chi connectivity index (χ4v) is 4.40. The molecule has 11 heteroatoms. The van der Waals surface area contributed by atoms with Gasteiger partial charge in [0.15, 0.2) is 11.6 Å². The third-order valence-corrected chi connectivity index (χ3v) is 6.05. The average molecular weight is 512 g/mol. The van der Waals surface area contributed by atoms with Gasteiger partial charge in [-0.05, 0) is 42.3 Å². The number of ether oxygens (including phenoxy) is 1. The molecule has 0 aliphatic rings. The molecular weight excluding hydrogens is 486 g/mol. The minimum absolute atomic E-state index is 0.0159. The van der Waals surface area contributed by atoms with Crippen molar-refractivity contribution in [3.05, 3.63) is 83.6 Å². The summed E-state index contributed by atoms with van der Waals surface area (Å²) in [6.45, 7) is 1.99. The maximum Gasteiger partial charge on any atom is 0.272 e. The highest BCUT2D eigenvalue weighted by Gasteiger charge is 2.32. The number of nitrogens with zero attached hydrogens (tertiary/aromatic N) is 3. The van der Waals surface area contributed by atoms with Gasteiger partial charge in [-0.2, -0.15) is 0 Å². The number of aromatic amines is 1. The van der Waals surface area contributed by atoms with Gasteiger partial charge in [-0.15, -0.1) is 0 Å². The standard InChI is InChI=1S/C27H25N7O4/c1-2-38-26-22(24(28)36)31-18-10-6-9-16(21(18)34-26)20(14-7-4-3-5-8-14)23(35)25(37)30-15-11-12-17-19(13-15)33-27(29)32-17/h3-13,20,23,35H,2H2,1H3,(H2,28,36)(H,30,37)(H3,29,32,33). The number of aromatic nitrogens is 4. The number of hydrogen-bond acceptors (Lipinski definition) is 8. The lowest BCUT2D eigenvalue weighted by molar-refractivity contribution is -0.124. The molecule has 5 rings (SSSR count). The van der Waals surface area contributed by atoms with Crippen molar-refractivity contribution in [1.82, 2.24) is 19.9 Å². The van der Waals surface area contributed by atoms with Gasteiger partial charge in [-0.1, -0.05) is 42.5 Å². The van der Waals surface area contributed by atoms with Crippen molar-refractivity contribution in [3.63, 3.8) is 0 Å². The molecule has 2 amide bonds. The van der Waals surface area contributed by atoms with Gasteiger partial charge in [0.1, 0.15) is 6.10 Å². The molecule has 0 aliphatic heterocycles. The van der Waals surface area contributed by atoms with Gasteiger partial charge in [0.05, 0.1) is 28.7 Å². The van der Waals surface area contributed by atoms with Crippen LogP contribution in [0.4, 0.5) is 11.6 Å². The summed E-state index contributed by atoms with van der Waals surface area (Å²) in [5.41, 5.74) is 14.8. The van der Waals surface area contributed by atoms with E-state index in [0.717, 1.165) is 0 Å². The molecule has 0 aliphatic carbocycles. The zero-order chi connectivity index (χ0) is 26.8. The molecule has 2 unspecified atom stereocenters. The quantitative estimate of drug-likeness (QED) is 0.211. The van der Waals surface area contributed by atoms with Crippen LogP contribution in [0.3, 0.4) is 0 Å². The predicted molar refractivity (Wildman–Crippen MR) is 143 cm³/mol. The first-order valence-corrected chi connectivity index (χ1v) is 11.9. The zero-order valence-electron chi connectivity index (χ0n) is 20.4. The number of imidazole rings is 1. The van der Waals surface area contributed by atoms with Crippen LogP contribution in [0, 0.1) is 0 Å². The molecule has 0 spiro atoms. The number of H-pyrrole nitrogens is 1. The molecule has 7 N–H and O–H groups in total. The number of fused-ring (bicyclic) bond motifs is 2. The van der Waals surface area contributed by atoms with Crippen molar-refractivity contribution >= 4 is 45.5 Å². The topological polar surface area (TPSA) is 182 Å². The number of carbonyl (C=O) groups excluding carboxylic acids is 2. The number of rotatable bonds is 8. The second kappa shape index (κ2) is 10.1. The largest absolute Gasteiger partial charge is 0.476 e. The van der Waals surface area contributed by atoms with Gasteiger partial charge in [0, 0.05) is 11.6 Å². The summed E-state index contributed by atoms with van der Waals surface area (Å²) in [6, 6.07) is 19.3. The smallest absolute Gasteiger partial charge is 0.272 e. The van der Waals surface area contributed by atoms with Crippen molar-refractivity contribution < 1.29 is 19.4 Å². The van der Waals surface area contributed by atoms with Crippen LogP contribution in [0.2, 0.25) is 0 Å². The number of amides is 2. The molecule has 2 aromatic heterocycles. The summed E-state index contributed by atoms with van der Waals surface area (Å²) in [5.74, 6) is -1.99. The van der Waals surface area contributed by atoms with E-state index in [1.165, 1.54) is 0 Å². The fourth-order valence-electron chi connectivity index (χ4n) is 4.40. The Hall–Kier alpha value is -5.03. The molecule has 0 saturated heterocycles. The van der Waals surface area contributed by atoms with Crippen molar-refractivity contribution in [2.24, 2.45) is 5.73 Å². The number of nitrogens with one attached hydrogen (secondary N) is 2. The van der Waals surface area contributed by atoms with Crippen LogP contribution in [-0.2, 0) is 4.79 Å². The highest BCUT2D eigenvalue weighted by atomic mass is 16.5. The number of hydrogen-bond donors (Lipinski definition) is 5. The van der Waals surface area contributed by atoms with E-state index in [0.29, 0.717) is 38.9 Å². The first-order valence-electron chi connectivity index (χ1n) is 11.9. The van der Waals surface area contributed by atoms with Crippen molar-refractivity contribution in [2.45, 2.75) is 18.9 Å². The van der Waals surface area contributed by atoms with Gasteiger partial charge in [-0.3, -0.25) is 9.59 Å². The minimum Gasteiger partial charge on any atom is -0.476 e. The Labute approximate surface area is 216 Å². The van der Waals surface area contributed by atoms with E-state index in [2.05, 4.69) is 25.3 Å². The molecule has 0 fully saturated rings. The number of anilines is 2. The summed E-state index contributed by atoms with van der Waals surface area (Å²) in [5, 5.41) is 14.2. The van der Waals surface area contributed by atoms with E-state index < -0.39 is 23.8 Å². The number of nitrogens with two attached hydrogens (primary N) is 2. The van der Waals surface area contributed by atoms with E-state index in [9.17, 15) is 14.7 Å². The Morgan fingerprint density at radius 3 is 2.55 bits per heavy atom. The van der Waals surface area contributed by atoms with E-state index in [1.807, 2.05) is 30.3 Å². The molecule has 0 bridgehead atoms. The third kappa shape index (κ3) is 4.70. The summed E-state index contributed by atoms with van der Waals surface area (Å²) >= 11 is 0. The summed E-state index contributed by atoms with van der Waals surface area (Å²) < 4.78 is 5.54. The lowest BCUT2D eigenvalue weighted by Gasteiger charge is -2.24. The molecule has 192 valence electrons. The molecule has 3 aromatic carbocycles. The maximum atomic E-state index is 13.4. The molecule has 11 nitrogen and oxygen atoms in total. The summed E-state index contributed by atoms with van der Waals surface area (Å²) in [4.78, 5) is 41.3. The number of primary amides is 1.